The number of aliphatic hydroxyl groups is 6. The van der Waals surface area contributed by atoms with Crippen molar-refractivity contribution < 1.29 is 40.1 Å². The maximum atomic E-state index is 10.5. The number of hydrogen-bond donors (Lipinski definition) is 11. The molecule has 1 heterocycles. The van der Waals surface area contributed by atoms with E-state index in [4.69, 9.17) is 32.1 Å². The molecule has 1 saturated carbocycles. The van der Waals surface area contributed by atoms with Crippen molar-refractivity contribution in [1.29, 1.82) is 5.41 Å². The average Bonchev–Trinajstić information content (AvgIpc) is 2.83. The van der Waals surface area contributed by atoms with Gasteiger partial charge in [-0.15, -0.1) is 0 Å². The zero-order valence-electron chi connectivity index (χ0n) is 15.1. The van der Waals surface area contributed by atoms with E-state index in [9.17, 15) is 30.6 Å². The van der Waals surface area contributed by atoms with Crippen LogP contribution in [-0.2, 0) is 9.47 Å². The summed E-state index contributed by atoms with van der Waals surface area (Å²) in [6.07, 6.45) is -10.7. The van der Waals surface area contributed by atoms with Crippen LogP contribution in [0.3, 0.4) is 0 Å². The molecule has 14 nitrogen and oxygen atoms in total. The Balaban J connectivity index is 2.30. The van der Waals surface area contributed by atoms with E-state index in [0.29, 0.717) is 0 Å². The van der Waals surface area contributed by atoms with Crippen molar-refractivity contribution in [1.82, 2.24) is 5.32 Å². The molecular weight excluding hydrogens is 380 g/mol. The van der Waals surface area contributed by atoms with E-state index in [0.717, 1.165) is 0 Å². The van der Waals surface area contributed by atoms with Crippen LogP contribution in [0.1, 0.15) is 6.92 Å². The van der Waals surface area contributed by atoms with Crippen molar-refractivity contribution in [3.8, 4) is 0 Å². The third kappa shape index (κ3) is 3.99. The third-order valence-electron chi connectivity index (χ3n) is 5.09. The van der Waals surface area contributed by atoms with E-state index in [1.807, 2.05) is 0 Å². The van der Waals surface area contributed by atoms with Crippen LogP contribution in [0.5, 0.6) is 0 Å². The Morgan fingerprint density at radius 2 is 1.79 bits per heavy atom. The molecule has 0 spiro atoms. The van der Waals surface area contributed by atoms with Crippen LogP contribution in [0.4, 0.5) is 0 Å². The molecule has 1 saturated heterocycles. The van der Waals surface area contributed by atoms with Gasteiger partial charge in [0.25, 0.3) is 0 Å². The molecule has 0 aromatic rings. The molecular formula is C14H28N6O8. The fraction of sp³-hybridized carbons (Fsp3) is 0.857. The van der Waals surface area contributed by atoms with Crippen LogP contribution in [0.25, 0.3) is 0 Å². The largest absolute Gasteiger partial charge is 0.393 e. The molecule has 14 heteroatoms. The SMILES string of the molecule is C[C@@H]1O[C@@H](O[C@H]2[C@H](O)[C@@H](O)[C@H](N=C(N)N)[C@@H](O)[C@@H]2NC(=N)N)[C@H](O)[C@@]1(O)CO. The topological polar surface area (TPSA) is 266 Å². The van der Waals surface area contributed by atoms with Crippen molar-refractivity contribution in [2.24, 2.45) is 22.2 Å². The van der Waals surface area contributed by atoms with Crippen LogP contribution >= 0.6 is 0 Å². The summed E-state index contributed by atoms with van der Waals surface area (Å²) in [7, 11) is 0. The molecule has 2 fully saturated rings. The summed E-state index contributed by atoms with van der Waals surface area (Å²) in [5, 5.41) is 71.0. The highest BCUT2D eigenvalue weighted by Crippen LogP contribution is 2.35. The highest BCUT2D eigenvalue weighted by molar-refractivity contribution is 5.76. The quantitative estimate of drug-likeness (QED) is 0.150. The molecule has 2 rings (SSSR count). The Bertz CT molecular complexity index is 606. The minimum atomic E-state index is -2.02. The van der Waals surface area contributed by atoms with Crippen molar-refractivity contribution in [3.05, 3.63) is 0 Å². The molecule has 0 aromatic heterocycles. The molecule has 10 atom stereocenters. The summed E-state index contributed by atoms with van der Waals surface area (Å²) in [4.78, 5) is 3.69. The molecule has 28 heavy (non-hydrogen) atoms. The van der Waals surface area contributed by atoms with Crippen molar-refractivity contribution in [2.75, 3.05) is 6.61 Å². The van der Waals surface area contributed by atoms with Gasteiger partial charge in [-0.1, -0.05) is 0 Å². The van der Waals surface area contributed by atoms with Crippen LogP contribution in [0.2, 0.25) is 0 Å². The van der Waals surface area contributed by atoms with Gasteiger partial charge in [0.05, 0.1) is 18.8 Å². The normalized spacial score (nSPS) is 46.2. The smallest absolute Gasteiger partial charge is 0.187 e. The fourth-order valence-electron chi connectivity index (χ4n) is 3.41. The predicted octanol–water partition coefficient (Wildman–Crippen LogP) is -6.21. The number of nitrogens with one attached hydrogen (secondary N) is 2. The molecule has 0 radical (unpaired) electrons. The first-order valence-electron chi connectivity index (χ1n) is 8.49. The molecule has 0 aromatic carbocycles. The van der Waals surface area contributed by atoms with E-state index < -0.39 is 79.1 Å². The monoisotopic (exact) mass is 408 g/mol. The minimum Gasteiger partial charge on any atom is -0.393 e. The van der Waals surface area contributed by atoms with Gasteiger partial charge in [0.1, 0.15) is 42.2 Å². The average molecular weight is 408 g/mol. The molecule has 1 aliphatic heterocycles. The maximum absolute atomic E-state index is 10.5. The number of aliphatic imine (C=N–C) groups is 1. The van der Waals surface area contributed by atoms with Crippen LogP contribution in [0.15, 0.2) is 4.99 Å². The molecule has 0 amide bonds. The lowest BCUT2D eigenvalue weighted by atomic mass is 9.81. The molecule has 162 valence electrons. The Labute approximate surface area is 160 Å². The van der Waals surface area contributed by atoms with Gasteiger partial charge in [0.2, 0.25) is 0 Å². The number of ether oxygens (including phenoxy) is 2. The zero-order valence-corrected chi connectivity index (χ0v) is 15.1. The number of aliphatic hydroxyl groups excluding tert-OH is 5. The first-order valence-corrected chi connectivity index (χ1v) is 8.49. The van der Waals surface area contributed by atoms with Gasteiger partial charge in [-0.2, -0.15) is 0 Å². The summed E-state index contributed by atoms with van der Waals surface area (Å²) >= 11 is 0. The Morgan fingerprint density at radius 1 is 1.18 bits per heavy atom. The molecule has 0 unspecified atom stereocenters. The van der Waals surface area contributed by atoms with Gasteiger partial charge in [0, 0.05) is 0 Å². The summed E-state index contributed by atoms with van der Waals surface area (Å²) in [6.45, 7) is 0.569. The second-order valence-electron chi connectivity index (χ2n) is 6.94. The van der Waals surface area contributed by atoms with Crippen LogP contribution < -0.4 is 22.5 Å². The second kappa shape index (κ2) is 8.30. The van der Waals surface area contributed by atoms with Crippen LogP contribution in [0, 0.1) is 5.41 Å². The van der Waals surface area contributed by atoms with Crippen molar-refractivity contribution >= 4 is 11.9 Å². The predicted molar refractivity (Wildman–Crippen MR) is 93.7 cm³/mol. The molecule has 1 aliphatic carbocycles. The van der Waals surface area contributed by atoms with Crippen molar-refractivity contribution in [3.63, 3.8) is 0 Å². The lowest BCUT2D eigenvalue weighted by molar-refractivity contribution is -0.244. The number of rotatable bonds is 5. The lowest BCUT2D eigenvalue weighted by Crippen LogP contribution is -2.70. The second-order valence-corrected chi connectivity index (χ2v) is 6.94. The highest BCUT2D eigenvalue weighted by atomic mass is 16.7. The van der Waals surface area contributed by atoms with Crippen molar-refractivity contribution in [2.45, 2.75) is 67.5 Å². The summed E-state index contributed by atoms with van der Waals surface area (Å²) < 4.78 is 10.8. The first-order chi connectivity index (χ1) is 12.9. The van der Waals surface area contributed by atoms with E-state index in [-0.39, 0.29) is 0 Å². The Kier molecular flexibility index (Phi) is 6.67. The Morgan fingerprint density at radius 3 is 2.25 bits per heavy atom. The minimum absolute atomic E-state index is 0.451. The fourth-order valence-corrected chi connectivity index (χ4v) is 3.41. The van der Waals surface area contributed by atoms with Gasteiger partial charge >= 0.3 is 0 Å². The summed E-state index contributed by atoms with van der Waals surface area (Å²) in [5.74, 6) is -1.04. The molecule has 2 aliphatic rings. The number of nitrogens with two attached hydrogens (primary N) is 3. The third-order valence-corrected chi connectivity index (χ3v) is 5.09. The molecule has 14 N–H and O–H groups in total. The lowest BCUT2D eigenvalue weighted by Gasteiger charge is -2.45. The maximum Gasteiger partial charge on any atom is 0.187 e. The highest BCUT2D eigenvalue weighted by Gasteiger charge is 2.57. The number of nitrogens with zero attached hydrogens (tertiary/aromatic N) is 1. The summed E-state index contributed by atoms with van der Waals surface area (Å²) in [5.41, 5.74) is 13.9. The summed E-state index contributed by atoms with van der Waals surface area (Å²) in [6, 6.07) is -2.66. The van der Waals surface area contributed by atoms with Gasteiger partial charge in [-0.25, -0.2) is 4.99 Å². The zero-order chi connectivity index (χ0) is 21.4. The van der Waals surface area contributed by atoms with E-state index in [1.54, 1.807) is 0 Å². The van der Waals surface area contributed by atoms with Gasteiger partial charge < -0.3 is 62.6 Å². The van der Waals surface area contributed by atoms with E-state index in [2.05, 4.69) is 10.3 Å². The number of hydrogen-bond acceptors (Lipinski definition) is 10. The van der Waals surface area contributed by atoms with Gasteiger partial charge in [-0.05, 0) is 6.92 Å². The Hall–Kier alpha value is -1.78. The van der Waals surface area contributed by atoms with E-state index in [1.165, 1.54) is 6.92 Å². The first kappa shape index (κ1) is 22.5. The molecule has 0 bridgehead atoms. The van der Waals surface area contributed by atoms with Crippen LogP contribution in [-0.4, -0.2) is 110 Å². The number of guanidine groups is 2. The van der Waals surface area contributed by atoms with E-state index >= 15 is 0 Å². The standard InChI is InChI=1S/C14H28N6O8/c1-3-14(26,2-21)10(25)11(27-3)28-9-5(20-13(17)18)6(22)4(19-12(15)16)7(23)8(9)24/h3-11,21-26H,2H2,1H3,(H4,15,16,19)(H4,17,18,20)/t3-,4+,5-,6+,7-,8+,9+,10-,11-,14+/m0/s1. The van der Waals surface area contributed by atoms with Gasteiger partial charge in [0.15, 0.2) is 18.2 Å². The van der Waals surface area contributed by atoms with Gasteiger partial charge in [-0.3, -0.25) is 5.41 Å².